The van der Waals surface area contributed by atoms with Crippen LogP contribution in [-0.4, -0.2) is 106 Å². The van der Waals surface area contributed by atoms with E-state index in [1.807, 2.05) is 0 Å². The summed E-state index contributed by atoms with van der Waals surface area (Å²) in [6.45, 7) is 9.47. The lowest BCUT2D eigenvalue weighted by Crippen LogP contribution is -2.42. The zero-order chi connectivity index (χ0) is 29.1. The van der Waals surface area contributed by atoms with E-state index < -0.39 is 24.8 Å². The average Bonchev–Trinajstić information content (AvgIpc) is 2.94. The van der Waals surface area contributed by atoms with Crippen molar-refractivity contribution in [1.29, 1.82) is 0 Å². The van der Waals surface area contributed by atoms with E-state index in [1.54, 1.807) is 0 Å². The molecule has 2 aliphatic heterocycles. The first kappa shape index (κ1) is 37.6. The third kappa shape index (κ3) is 22.0. The lowest BCUT2D eigenvalue weighted by Gasteiger charge is -2.27. The van der Waals surface area contributed by atoms with E-state index in [9.17, 15) is 19.8 Å². The number of carbonyl (C=O) groups excluding carboxylic acids is 2. The first-order valence-corrected chi connectivity index (χ1v) is 14.7. The van der Waals surface area contributed by atoms with E-state index >= 15 is 0 Å². The van der Waals surface area contributed by atoms with Gasteiger partial charge in [0.05, 0.1) is 26.3 Å². The molecule has 39 heavy (non-hydrogen) atoms. The summed E-state index contributed by atoms with van der Waals surface area (Å²) in [7, 11) is 0. The minimum absolute atomic E-state index is 0.00538. The number of nitrogens with two attached hydrogens (primary N) is 1. The summed E-state index contributed by atoms with van der Waals surface area (Å²) in [6.07, 6.45) is 6.99. The van der Waals surface area contributed by atoms with Gasteiger partial charge < -0.3 is 45.5 Å². The molecular weight excluding hydrogens is 508 g/mol. The Morgan fingerprint density at radius 2 is 1.21 bits per heavy atom. The molecule has 0 spiro atoms. The normalized spacial score (nSPS) is 22.5. The van der Waals surface area contributed by atoms with Crippen LogP contribution in [0.25, 0.3) is 0 Å². The Morgan fingerprint density at radius 3 is 1.54 bits per heavy atom. The van der Waals surface area contributed by atoms with Crippen LogP contribution in [0.1, 0.15) is 78.6 Å². The van der Waals surface area contributed by atoms with Crippen LogP contribution in [0.15, 0.2) is 0 Å². The molecule has 4 unspecified atom stereocenters. The maximum atomic E-state index is 11.7. The van der Waals surface area contributed by atoms with Crippen molar-refractivity contribution < 1.29 is 38.7 Å². The maximum Gasteiger partial charge on any atom is 0.234 e. The smallest absolute Gasteiger partial charge is 0.234 e. The Morgan fingerprint density at radius 1 is 0.795 bits per heavy atom. The minimum Gasteiger partial charge on any atom is -0.388 e. The zero-order valence-corrected chi connectivity index (χ0v) is 24.5. The fourth-order valence-electron chi connectivity index (χ4n) is 3.44. The molecule has 0 bridgehead atoms. The Kier molecular flexibility index (Phi) is 25.9. The second-order valence-electron chi connectivity index (χ2n) is 9.44. The van der Waals surface area contributed by atoms with Crippen LogP contribution in [-0.2, 0) is 28.5 Å². The molecule has 2 aliphatic rings. The van der Waals surface area contributed by atoms with Crippen LogP contribution in [0.5, 0.6) is 0 Å². The quantitative estimate of drug-likeness (QED) is 0.147. The third-order valence-electron chi connectivity index (χ3n) is 5.71. The van der Waals surface area contributed by atoms with Crippen LogP contribution in [0.4, 0.5) is 0 Å². The van der Waals surface area contributed by atoms with E-state index in [1.165, 1.54) is 25.7 Å². The molecule has 2 fully saturated rings. The highest BCUT2D eigenvalue weighted by Crippen LogP contribution is 2.15. The number of hydrogen-bond donors (Lipinski definition) is 6. The van der Waals surface area contributed by atoms with Gasteiger partial charge in [0, 0.05) is 26.3 Å². The number of hydrogen-bond acceptors (Lipinski definition) is 10. The van der Waals surface area contributed by atoms with E-state index in [4.69, 9.17) is 24.7 Å². The number of nitrogens with one attached hydrogen (secondary N) is 3. The second-order valence-corrected chi connectivity index (χ2v) is 9.44. The van der Waals surface area contributed by atoms with Crippen LogP contribution in [0.3, 0.4) is 0 Å². The summed E-state index contributed by atoms with van der Waals surface area (Å²) in [4.78, 5) is 23.4. The van der Waals surface area contributed by atoms with Crippen LogP contribution in [0, 0.1) is 0 Å². The van der Waals surface area contributed by atoms with Crippen molar-refractivity contribution in [3.63, 3.8) is 0 Å². The van der Waals surface area contributed by atoms with Crippen molar-refractivity contribution in [3.8, 4) is 0 Å². The van der Waals surface area contributed by atoms with Gasteiger partial charge in [0.25, 0.3) is 0 Å². The number of ether oxygens (including phenoxy) is 4. The number of amides is 2. The van der Waals surface area contributed by atoms with Crippen molar-refractivity contribution in [2.24, 2.45) is 5.73 Å². The minimum atomic E-state index is -0.639. The average molecular weight is 565 g/mol. The molecule has 232 valence electrons. The predicted molar refractivity (Wildman–Crippen MR) is 150 cm³/mol. The van der Waals surface area contributed by atoms with Crippen molar-refractivity contribution in [2.75, 3.05) is 59.2 Å². The molecule has 2 saturated heterocycles. The van der Waals surface area contributed by atoms with Crippen LogP contribution < -0.4 is 21.7 Å². The fraction of sp³-hybridized carbons (Fsp3) is 0.926. The van der Waals surface area contributed by atoms with Crippen LogP contribution >= 0.6 is 0 Å². The van der Waals surface area contributed by atoms with Crippen molar-refractivity contribution in [3.05, 3.63) is 0 Å². The number of unbranched alkanes of at least 4 members (excludes halogenated alkanes) is 3. The molecule has 0 aliphatic carbocycles. The molecule has 2 rings (SSSR count). The lowest BCUT2D eigenvalue weighted by atomic mass is 10.1. The molecule has 0 aromatic rings. The first-order chi connectivity index (χ1) is 18.9. The Labute approximate surface area is 235 Å². The van der Waals surface area contributed by atoms with E-state index in [0.717, 1.165) is 25.8 Å². The highest BCUT2D eigenvalue weighted by molar-refractivity contribution is 5.81. The second kappa shape index (κ2) is 26.8. The van der Waals surface area contributed by atoms with Gasteiger partial charge in [0.2, 0.25) is 11.8 Å². The molecule has 0 aromatic carbocycles. The molecule has 12 heteroatoms. The number of aliphatic hydroxyl groups is 2. The maximum absolute atomic E-state index is 11.7. The third-order valence-corrected chi connectivity index (χ3v) is 5.71. The Bertz CT molecular complexity index is 540. The summed E-state index contributed by atoms with van der Waals surface area (Å²) in [5.74, 6) is -0.531. The summed E-state index contributed by atoms with van der Waals surface area (Å²) in [5, 5.41) is 27.4. The lowest BCUT2D eigenvalue weighted by molar-refractivity contribution is -0.213. The van der Waals surface area contributed by atoms with Gasteiger partial charge in [-0.3, -0.25) is 14.9 Å². The summed E-state index contributed by atoms with van der Waals surface area (Å²) < 4.78 is 21.4. The largest absolute Gasteiger partial charge is 0.388 e. The molecule has 12 nitrogen and oxygen atoms in total. The Balaban J connectivity index is 0.00000123. The van der Waals surface area contributed by atoms with E-state index in [0.29, 0.717) is 26.1 Å². The summed E-state index contributed by atoms with van der Waals surface area (Å²) in [5.41, 5.74) is 5.03. The predicted octanol–water partition coefficient (Wildman–Crippen LogP) is 0.778. The molecule has 7 N–H and O–H groups in total. The summed E-state index contributed by atoms with van der Waals surface area (Å²) >= 11 is 0. The summed E-state index contributed by atoms with van der Waals surface area (Å²) in [6, 6.07) is 0. The van der Waals surface area contributed by atoms with Crippen molar-refractivity contribution in [1.82, 2.24) is 16.0 Å². The SMILES string of the molecule is CCCCCC.CCCN.O=C(CNCC(=O)NCCOC1OCCCC1O)NCCOC1OCCCC1O. The van der Waals surface area contributed by atoms with Gasteiger partial charge in [-0.05, 0) is 38.6 Å². The number of rotatable bonds is 16. The topological polar surface area (TPSA) is 174 Å². The van der Waals surface area contributed by atoms with E-state index in [-0.39, 0.29) is 51.2 Å². The molecule has 0 saturated carbocycles. The molecular formula is C27H56N4O8. The highest BCUT2D eigenvalue weighted by atomic mass is 16.7. The van der Waals surface area contributed by atoms with Crippen LogP contribution in [0.2, 0.25) is 0 Å². The van der Waals surface area contributed by atoms with E-state index in [2.05, 4.69) is 36.7 Å². The number of aliphatic hydroxyl groups excluding tert-OH is 2. The van der Waals surface area contributed by atoms with Gasteiger partial charge in [0.1, 0.15) is 12.2 Å². The van der Waals surface area contributed by atoms with Gasteiger partial charge in [-0.1, -0.05) is 46.5 Å². The van der Waals surface area contributed by atoms with Gasteiger partial charge in [0.15, 0.2) is 12.6 Å². The van der Waals surface area contributed by atoms with Gasteiger partial charge >= 0.3 is 0 Å². The van der Waals surface area contributed by atoms with Crippen molar-refractivity contribution >= 4 is 11.8 Å². The monoisotopic (exact) mass is 564 g/mol. The molecule has 4 atom stereocenters. The van der Waals surface area contributed by atoms with Gasteiger partial charge in [-0.2, -0.15) is 0 Å². The molecule has 2 heterocycles. The molecule has 2 amide bonds. The molecule has 0 aromatic heterocycles. The van der Waals surface area contributed by atoms with Crippen molar-refractivity contribution in [2.45, 2.75) is 103 Å². The molecule has 0 radical (unpaired) electrons. The number of carbonyl (C=O) groups is 2. The zero-order valence-electron chi connectivity index (χ0n) is 24.5. The van der Waals surface area contributed by atoms with Gasteiger partial charge in [-0.25, -0.2) is 0 Å². The Hall–Kier alpha value is -1.38. The highest BCUT2D eigenvalue weighted by Gasteiger charge is 2.25. The van der Waals surface area contributed by atoms with Gasteiger partial charge in [-0.15, -0.1) is 0 Å². The first-order valence-electron chi connectivity index (χ1n) is 14.7. The fourth-order valence-corrected chi connectivity index (χ4v) is 3.44. The standard InChI is InChI=1S/C18H33N3O8.C6H14.C3H9N/c22-13-3-1-7-26-17(13)28-9-5-20-15(24)11-19-12-16(25)21-6-10-29-18-14(23)4-2-8-27-18;1-3-5-6-4-2;1-2-3-4/h13-14,17-19,22-23H,1-12H2,(H,20,24)(H,21,25);3-6H2,1-2H3;2-4H2,1H3.